The molecule has 0 saturated carbocycles. The van der Waals surface area contributed by atoms with Crippen molar-refractivity contribution >= 4 is 0 Å². The minimum atomic E-state index is -4.21. The van der Waals surface area contributed by atoms with Crippen molar-refractivity contribution in [1.82, 2.24) is 0 Å². The van der Waals surface area contributed by atoms with Crippen LogP contribution in [0.1, 0.15) is 6.42 Å². The normalized spacial score (nSPS) is 14.7. The molecule has 0 rings (SSSR count). The van der Waals surface area contributed by atoms with E-state index < -0.39 is 12.1 Å². The number of allylic oxidation sites excluding steroid dienone is 2. The molecule has 1 unspecified atom stereocenters. The largest absolute Gasteiger partial charge is 0.505 e. The number of alkyl halides is 3. The molecule has 0 radical (unpaired) electrons. The Kier molecular flexibility index (Phi) is 4.47. The molecule has 0 amide bonds. The molecule has 0 saturated heterocycles. The van der Waals surface area contributed by atoms with Crippen LogP contribution in [0.2, 0.25) is 0 Å². The van der Waals surface area contributed by atoms with E-state index in [0.29, 0.717) is 0 Å². The minimum absolute atomic E-state index is 0.124. The lowest BCUT2D eigenvalue weighted by atomic mass is 10.1. The van der Waals surface area contributed by atoms with Crippen LogP contribution in [0.4, 0.5) is 13.2 Å². The summed E-state index contributed by atoms with van der Waals surface area (Å²) in [6.45, 7) is 3.11. The minimum Gasteiger partial charge on any atom is -0.505 e. The van der Waals surface area contributed by atoms with Gasteiger partial charge in [-0.15, -0.1) is 6.58 Å². The number of hydrogen-bond acceptors (Lipinski definition) is 1. The fourth-order valence-corrected chi connectivity index (χ4v) is 0.662. The third-order valence-electron chi connectivity index (χ3n) is 1.33. The number of hydrogen-bond donors (Lipinski definition) is 0. The Morgan fingerprint density at radius 3 is 2.42 bits per heavy atom. The summed E-state index contributed by atoms with van der Waals surface area (Å²) in [4.78, 5) is 0. The number of methoxy groups -OCH3 is 1. The van der Waals surface area contributed by atoms with Crippen LogP contribution in [0.25, 0.3) is 0 Å². The highest BCUT2D eigenvalue weighted by molar-refractivity contribution is 4.90. The van der Waals surface area contributed by atoms with Crippen molar-refractivity contribution in [1.29, 1.82) is 0 Å². The summed E-state index contributed by atoms with van der Waals surface area (Å²) < 4.78 is 40.5. The lowest BCUT2D eigenvalue weighted by molar-refractivity contribution is -0.160. The average molecular weight is 180 g/mol. The van der Waals surface area contributed by atoms with Crippen molar-refractivity contribution in [3.05, 3.63) is 25.0 Å². The van der Waals surface area contributed by atoms with Crippen molar-refractivity contribution in [2.45, 2.75) is 12.6 Å². The monoisotopic (exact) mass is 180 g/mol. The Bertz CT molecular complexity index is 160. The van der Waals surface area contributed by atoms with Crippen LogP contribution in [-0.2, 0) is 4.74 Å². The second kappa shape index (κ2) is 4.85. The third-order valence-corrected chi connectivity index (χ3v) is 1.33. The summed E-state index contributed by atoms with van der Waals surface area (Å²) in [6.07, 6.45) is -0.900. The zero-order valence-electron chi connectivity index (χ0n) is 6.77. The van der Waals surface area contributed by atoms with E-state index in [1.807, 2.05) is 0 Å². The third kappa shape index (κ3) is 4.05. The first-order valence-corrected chi connectivity index (χ1v) is 3.39. The van der Waals surface area contributed by atoms with Crippen LogP contribution in [0, 0.1) is 5.92 Å². The second-order valence-corrected chi connectivity index (χ2v) is 2.23. The van der Waals surface area contributed by atoms with E-state index in [-0.39, 0.29) is 6.42 Å². The number of halogens is 3. The highest BCUT2D eigenvalue weighted by Gasteiger charge is 2.36. The highest BCUT2D eigenvalue weighted by atomic mass is 19.4. The molecule has 0 aliphatic rings. The Morgan fingerprint density at radius 2 is 2.08 bits per heavy atom. The fraction of sp³-hybridized carbons (Fsp3) is 0.500. The molecular weight excluding hydrogens is 169 g/mol. The van der Waals surface area contributed by atoms with Gasteiger partial charge in [-0.1, -0.05) is 6.08 Å². The molecule has 0 heterocycles. The molecule has 0 aromatic carbocycles. The SMILES string of the molecule is C=CC(C/C=C/OC)C(F)(F)F. The predicted molar refractivity (Wildman–Crippen MR) is 40.5 cm³/mol. The van der Waals surface area contributed by atoms with Crippen molar-refractivity contribution < 1.29 is 17.9 Å². The van der Waals surface area contributed by atoms with Crippen molar-refractivity contribution in [2.24, 2.45) is 5.92 Å². The van der Waals surface area contributed by atoms with E-state index in [1.165, 1.54) is 19.4 Å². The molecule has 0 spiro atoms. The van der Waals surface area contributed by atoms with E-state index >= 15 is 0 Å². The summed E-state index contributed by atoms with van der Waals surface area (Å²) in [5, 5.41) is 0. The molecule has 0 aromatic rings. The number of rotatable bonds is 4. The van der Waals surface area contributed by atoms with Gasteiger partial charge in [-0.3, -0.25) is 0 Å². The van der Waals surface area contributed by atoms with Gasteiger partial charge in [-0.05, 0) is 12.5 Å². The maximum absolute atomic E-state index is 12.0. The smallest absolute Gasteiger partial charge is 0.395 e. The van der Waals surface area contributed by atoms with E-state index in [2.05, 4.69) is 11.3 Å². The van der Waals surface area contributed by atoms with Gasteiger partial charge in [0.05, 0.1) is 19.3 Å². The molecule has 70 valence electrons. The van der Waals surface area contributed by atoms with Gasteiger partial charge >= 0.3 is 6.18 Å². The highest BCUT2D eigenvalue weighted by Crippen LogP contribution is 2.29. The van der Waals surface area contributed by atoms with Crippen LogP contribution >= 0.6 is 0 Å². The first kappa shape index (κ1) is 11.1. The Morgan fingerprint density at radius 1 is 1.50 bits per heavy atom. The fourth-order valence-electron chi connectivity index (χ4n) is 0.662. The topological polar surface area (TPSA) is 9.23 Å². The van der Waals surface area contributed by atoms with Crippen molar-refractivity contribution in [3.63, 3.8) is 0 Å². The molecule has 0 fully saturated rings. The van der Waals surface area contributed by atoms with Crippen molar-refractivity contribution in [3.8, 4) is 0 Å². The van der Waals surface area contributed by atoms with Gasteiger partial charge in [-0.2, -0.15) is 13.2 Å². The lowest BCUT2D eigenvalue weighted by Crippen LogP contribution is -2.19. The molecule has 0 bridgehead atoms. The Labute approximate surface area is 69.5 Å². The van der Waals surface area contributed by atoms with Gasteiger partial charge in [0.25, 0.3) is 0 Å². The van der Waals surface area contributed by atoms with Crippen molar-refractivity contribution in [2.75, 3.05) is 7.11 Å². The van der Waals surface area contributed by atoms with Gasteiger partial charge in [0.2, 0.25) is 0 Å². The summed E-state index contributed by atoms with van der Waals surface area (Å²) >= 11 is 0. The standard InChI is InChI=1S/C8H11F3O/c1-3-7(8(9,10)11)5-4-6-12-2/h3-4,6-7H,1,5H2,2H3/b6-4+. The summed E-state index contributed by atoms with van der Waals surface area (Å²) in [5.74, 6) is -1.48. The molecule has 1 nitrogen and oxygen atoms in total. The van der Waals surface area contributed by atoms with Gasteiger partial charge in [-0.25, -0.2) is 0 Å². The van der Waals surface area contributed by atoms with E-state index in [0.717, 1.165) is 6.08 Å². The quantitative estimate of drug-likeness (QED) is 0.477. The molecule has 0 N–H and O–H groups in total. The summed E-state index contributed by atoms with van der Waals surface area (Å²) in [5.41, 5.74) is 0. The zero-order valence-corrected chi connectivity index (χ0v) is 6.77. The zero-order chi connectivity index (χ0) is 9.61. The van der Waals surface area contributed by atoms with Crippen LogP contribution in [-0.4, -0.2) is 13.3 Å². The molecule has 0 aliphatic carbocycles. The first-order valence-electron chi connectivity index (χ1n) is 3.39. The van der Waals surface area contributed by atoms with E-state index in [4.69, 9.17) is 0 Å². The molecule has 0 aliphatic heterocycles. The molecule has 4 heteroatoms. The lowest BCUT2D eigenvalue weighted by Gasteiger charge is -2.13. The summed E-state index contributed by atoms with van der Waals surface area (Å²) in [7, 11) is 1.38. The maximum Gasteiger partial charge on any atom is 0.395 e. The first-order chi connectivity index (χ1) is 5.52. The van der Waals surface area contributed by atoms with Gasteiger partial charge in [0, 0.05) is 0 Å². The number of ether oxygens (including phenoxy) is 1. The average Bonchev–Trinajstić information content (AvgIpc) is 1.95. The molecule has 1 atom stereocenters. The molecule has 12 heavy (non-hydrogen) atoms. The van der Waals surface area contributed by atoms with Crippen LogP contribution < -0.4 is 0 Å². The predicted octanol–water partition coefficient (Wildman–Crippen LogP) is 2.90. The summed E-state index contributed by atoms with van der Waals surface area (Å²) in [6, 6.07) is 0. The second-order valence-electron chi connectivity index (χ2n) is 2.23. The van der Waals surface area contributed by atoms with Crippen LogP contribution in [0.5, 0.6) is 0 Å². The van der Waals surface area contributed by atoms with Gasteiger partial charge in [0.15, 0.2) is 0 Å². The van der Waals surface area contributed by atoms with E-state index in [1.54, 1.807) is 0 Å². The van der Waals surface area contributed by atoms with Gasteiger partial charge in [0.1, 0.15) is 0 Å². The van der Waals surface area contributed by atoms with Gasteiger partial charge < -0.3 is 4.74 Å². The van der Waals surface area contributed by atoms with E-state index in [9.17, 15) is 13.2 Å². The van der Waals surface area contributed by atoms with Crippen LogP contribution in [0.15, 0.2) is 25.0 Å². The van der Waals surface area contributed by atoms with Crippen LogP contribution in [0.3, 0.4) is 0 Å². The Balaban J connectivity index is 4.01. The maximum atomic E-state index is 12.0. The Hall–Kier alpha value is -0.930. The molecular formula is C8H11F3O. The molecule has 0 aromatic heterocycles.